The van der Waals surface area contributed by atoms with E-state index in [2.05, 4.69) is 146 Å². The lowest BCUT2D eigenvalue weighted by atomic mass is 9.85. The molecule has 16 aromatic rings. The first-order chi connectivity index (χ1) is 67.7. The van der Waals surface area contributed by atoms with E-state index in [4.69, 9.17) is 23.7 Å². The molecule has 0 bridgehead atoms. The van der Waals surface area contributed by atoms with Gasteiger partial charge in [-0.15, -0.1) is 0 Å². The summed E-state index contributed by atoms with van der Waals surface area (Å²) in [5, 5.41) is 35.5. The van der Waals surface area contributed by atoms with Gasteiger partial charge in [0.1, 0.15) is 47.7 Å². The molecular formula is C123H122N2O15. The normalized spacial score (nSPS) is 11.0. The predicted molar refractivity (Wildman–Crippen MR) is 562 cm³/mol. The number of carboxylic acids is 3. The number of carboxylic acid groups (broad SMARTS) is 3. The largest absolute Gasteiger partial charge is 0.493 e. The number of nitrogens with zero attached hydrogens (tertiary/aromatic N) is 2. The molecule has 16 aromatic carbocycles. The fourth-order valence-corrected chi connectivity index (χ4v) is 16.7. The second-order valence-corrected chi connectivity index (χ2v) is 34.5. The number of methoxy groups -OCH3 is 1. The molecule has 3 N–H and O–H groups in total. The lowest BCUT2D eigenvalue weighted by molar-refractivity contribution is -0.136. The van der Waals surface area contributed by atoms with Crippen LogP contribution in [0.2, 0.25) is 0 Å². The molecule has 16 rings (SSSR count). The standard InChI is InChI=1S/C35H31NO4.C35H39NO2.C32H32O4.C20H16O5.CH4/c1-36(19-18-25-8-4-2-5-9-25)34(37)23-30-21-31(35(38)39)20-29-22-32(16-17-33(29)30)40-24-26-12-14-28(15-13-26)27-10-6-3-7-11-27;1-27(37)13-9-10-18-30(29-16-7-4-8-17-29)25-31-21-22-32(34-20-12-11-19-33(31)34)26-35(38)36(2)24-23-28-14-5-3-6-15-28;1-2-24-16-18-25(19-17-24)11-6-3-4-9-20-35-31-22-27(32(33)34)21-29-28(31)14-10-15-30(29)36-23-26-12-7-5-8-13-26;1-24-20(23)14-10-13(12-19(21)22)16-8-5-9-18(17(16)11-14)25-15-6-3-2-4-7-15;/h2-17,20-22H,18-19,23-24H2,1H3,(H,38,39);3-8,11-12,14-17,19-22,30H,9-10,13,18,23-26H2,1-2H3;5-8,10-19,21-22H,2-4,9,20,23H2,1H3,(H,33,34);2-11H,12H2,1H3,(H,21,22);1H4/b;;11-6+;;. The quantitative estimate of drug-likeness (QED) is 0.0239. The van der Waals surface area contributed by atoms with Crippen LogP contribution in [0.4, 0.5) is 0 Å². The van der Waals surface area contributed by atoms with Crippen LogP contribution >= 0.6 is 0 Å². The van der Waals surface area contributed by atoms with Gasteiger partial charge in [0.2, 0.25) is 11.8 Å². The van der Waals surface area contributed by atoms with E-state index in [0.29, 0.717) is 96.9 Å². The number of amides is 2. The number of ether oxygens (including phenoxy) is 5. The van der Waals surface area contributed by atoms with Crippen molar-refractivity contribution in [2.45, 2.75) is 130 Å². The van der Waals surface area contributed by atoms with Crippen LogP contribution in [0.5, 0.6) is 28.7 Å². The summed E-state index contributed by atoms with van der Waals surface area (Å²) >= 11 is 0. The number of aliphatic carboxylic acids is 1. The number of ketones is 1. The molecule has 17 nitrogen and oxygen atoms in total. The zero-order chi connectivity index (χ0) is 97.6. The SMILES string of the molecule is C.CC(=O)CCCCC(Cc1ccc(CC(=O)N(C)CCc2ccccc2)c2ccccc12)c1ccccc1.CCc1ccc(/C=C/CCCCOc2cc(C(=O)O)cc3c(OCc4ccccc4)cccc23)cc1.CN(CCc1ccccc1)C(=O)Cc1cc(C(=O)O)cc2cc(OCc3ccc(-c4ccccc4)cc3)ccc12.COC(=O)c1cc(CC(=O)O)c2cccc(Oc3ccccc3)c2c1. The molecule has 0 spiro atoms. The van der Waals surface area contributed by atoms with Gasteiger partial charge in [-0.2, -0.15) is 0 Å². The number of rotatable bonds is 40. The van der Waals surface area contributed by atoms with E-state index >= 15 is 0 Å². The summed E-state index contributed by atoms with van der Waals surface area (Å²) in [5.74, 6) is 0.272. The molecule has 1 unspecified atom stereocenters. The number of allylic oxidation sites excluding steroid dienone is 1. The topological polar surface area (TPSA) is 233 Å². The highest BCUT2D eigenvalue weighted by molar-refractivity contribution is 6.03. The Morgan fingerprint density at radius 3 is 1.50 bits per heavy atom. The molecule has 0 heterocycles. The van der Waals surface area contributed by atoms with Crippen molar-refractivity contribution in [1.82, 2.24) is 9.80 Å². The van der Waals surface area contributed by atoms with Gasteiger partial charge in [0.25, 0.3) is 0 Å². The maximum atomic E-state index is 13.1. The summed E-state index contributed by atoms with van der Waals surface area (Å²) in [6.45, 7) is 6.44. The Kier molecular flexibility index (Phi) is 38.9. The van der Waals surface area contributed by atoms with Gasteiger partial charge < -0.3 is 53.6 Å². The lowest BCUT2D eigenvalue weighted by Gasteiger charge is -2.21. The number of aromatic carboxylic acids is 2. The van der Waals surface area contributed by atoms with Crippen molar-refractivity contribution >= 4 is 90.6 Å². The van der Waals surface area contributed by atoms with E-state index in [9.17, 15) is 48.9 Å². The first kappa shape index (κ1) is 103. The molecule has 1 atom stereocenters. The molecule has 0 saturated heterocycles. The second-order valence-electron chi connectivity index (χ2n) is 34.5. The first-order valence-corrected chi connectivity index (χ1v) is 47.3. The molecule has 0 saturated carbocycles. The Morgan fingerprint density at radius 1 is 0.386 bits per heavy atom. The van der Waals surface area contributed by atoms with E-state index in [1.807, 2.05) is 194 Å². The van der Waals surface area contributed by atoms with Crippen LogP contribution < -0.4 is 18.9 Å². The number of hydrogen-bond acceptors (Lipinski definition) is 12. The van der Waals surface area contributed by atoms with Crippen molar-refractivity contribution in [3.8, 4) is 39.9 Å². The number of likely N-dealkylation sites (N-methyl/N-ethyl adjacent to an activating group) is 2. The van der Waals surface area contributed by atoms with Crippen LogP contribution in [-0.4, -0.2) is 107 Å². The highest BCUT2D eigenvalue weighted by Gasteiger charge is 2.23. The number of esters is 1. The summed E-state index contributed by atoms with van der Waals surface area (Å²) in [5.41, 5.74) is 14.9. The third kappa shape index (κ3) is 30.5. The predicted octanol–water partition coefficient (Wildman–Crippen LogP) is 27.2. The maximum absolute atomic E-state index is 13.1. The Balaban J connectivity index is 0.000000169. The van der Waals surface area contributed by atoms with Crippen molar-refractivity contribution in [1.29, 1.82) is 0 Å². The fourth-order valence-electron chi connectivity index (χ4n) is 16.7. The number of carbonyl (C=O) groups is 7. The molecule has 0 radical (unpaired) electrons. The molecule has 0 aliphatic carbocycles. The second kappa shape index (κ2) is 52.9. The number of aryl methyl sites for hydroxylation is 1. The van der Waals surface area contributed by atoms with E-state index in [-0.39, 0.29) is 54.6 Å². The Bertz CT molecular complexity index is 6820. The van der Waals surface area contributed by atoms with Gasteiger partial charge in [0, 0.05) is 49.8 Å². The number of fused-ring (bicyclic) bond motifs is 4. The number of carbonyl (C=O) groups excluding carboxylic acids is 4. The maximum Gasteiger partial charge on any atom is 0.337 e. The van der Waals surface area contributed by atoms with Crippen LogP contribution in [0.3, 0.4) is 0 Å². The van der Waals surface area contributed by atoms with Gasteiger partial charge >= 0.3 is 23.9 Å². The summed E-state index contributed by atoms with van der Waals surface area (Å²) in [4.78, 5) is 88.0. The van der Waals surface area contributed by atoms with Crippen LogP contribution in [0.1, 0.15) is 164 Å². The number of hydrogen-bond donors (Lipinski definition) is 3. The summed E-state index contributed by atoms with van der Waals surface area (Å²) in [7, 11) is 4.97. The van der Waals surface area contributed by atoms with Crippen molar-refractivity contribution in [3.05, 3.63) is 442 Å². The average molecular weight is 1870 g/mol. The molecule has 2 amide bonds. The highest BCUT2D eigenvalue weighted by Crippen LogP contribution is 2.38. The number of Topliss-reactive ketones (excluding diaryl/α,β-unsaturated/α-hetero) is 1. The fraction of sp³-hybridized carbons (Fsp3) is 0.211. The van der Waals surface area contributed by atoms with Crippen molar-refractivity contribution in [3.63, 3.8) is 0 Å². The average Bonchev–Trinajstić information content (AvgIpc) is 0.777. The van der Waals surface area contributed by atoms with Gasteiger partial charge in [0.05, 0.1) is 49.7 Å². The third-order valence-electron chi connectivity index (χ3n) is 24.5. The van der Waals surface area contributed by atoms with Crippen molar-refractivity contribution in [2.75, 3.05) is 40.9 Å². The zero-order valence-corrected chi connectivity index (χ0v) is 79.4. The molecule has 714 valence electrons. The van der Waals surface area contributed by atoms with E-state index < -0.39 is 23.9 Å². The highest BCUT2D eigenvalue weighted by atomic mass is 16.5. The van der Waals surface area contributed by atoms with Crippen LogP contribution in [0, 0.1) is 0 Å². The Morgan fingerprint density at radius 2 is 0.886 bits per heavy atom. The van der Waals surface area contributed by atoms with E-state index in [1.54, 1.807) is 67.4 Å². The summed E-state index contributed by atoms with van der Waals surface area (Å²) in [6, 6.07) is 117. The smallest absolute Gasteiger partial charge is 0.337 e. The van der Waals surface area contributed by atoms with Gasteiger partial charge in [-0.1, -0.05) is 318 Å². The first-order valence-electron chi connectivity index (χ1n) is 47.3. The minimum absolute atomic E-state index is 0. The van der Waals surface area contributed by atoms with E-state index in [0.717, 1.165) is 119 Å². The number of para-hydroxylation sites is 1. The molecular weight excluding hydrogens is 1750 g/mol. The third-order valence-corrected chi connectivity index (χ3v) is 24.5. The monoisotopic (exact) mass is 1870 g/mol. The molecule has 0 aliphatic rings. The minimum atomic E-state index is -1.03. The van der Waals surface area contributed by atoms with Crippen LogP contribution in [0.25, 0.3) is 60.3 Å². The van der Waals surface area contributed by atoms with Crippen molar-refractivity contribution < 1.29 is 72.6 Å². The minimum Gasteiger partial charge on any atom is -0.493 e. The van der Waals surface area contributed by atoms with Gasteiger partial charge in [-0.3, -0.25) is 14.4 Å². The summed E-state index contributed by atoms with van der Waals surface area (Å²) in [6.07, 6.45) is 14.8. The van der Waals surface area contributed by atoms with Gasteiger partial charge in [0.15, 0.2) is 0 Å². The van der Waals surface area contributed by atoms with Crippen molar-refractivity contribution in [2.24, 2.45) is 0 Å². The van der Waals surface area contributed by atoms with Crippen LogP contribution in [0.15, 0.2) is 364 Å². The zero-order valence-electron chi connectivity index (χ0n) is 79.4. The molecule has 0 aliphatic heterocycles. The molecule has 0 aromatic heterocycles. The van der Waals surface area contributed by atoms with Crippen LogP contribution in [-0.2, 0) is 82.1 Å². The lowest BCUT2D eigenvalue weighted by Crippen LogP contribution is -2.30. The summed E-state index contributed by atoms with van der Waals surface area (Å²) < 4.78 is 28.9. The van der Waals surface area contributed by atoms with E-state index in [1.165, 1.54) is 51.3 Å². The Hall–Kier alpha value is -16.0. The van der Waals surface area contributed by atoms with Gasteiger partial charge in [-0.05, 0) is 243 Å². The van der Waals surface area contributed by atoms with Gasteiger partial charge in [-0.25, -0.2) is 14.4 Å². The molecule has 17 heteroatoms. The molecule has 140 heavy (non-hydrogen) atoms. The molecule has 0 fully saturated rings. The Labute approximate surface area is 820 Å². The number of unbranched alkanes of at least 4 members (excludes halogenated alkanes) is 3. The number of benzene rings is 16.